The molecule has 1 aliphatic heterocycles. The number of nitrogens with zero attached hydrogens (tertiary/aromatic N) is 4. The van der Waals surface area contributed by atoms with Crippen molar-refractivity contribution < 1.29 is 19.4 Å². The second-order valence-corrected chi connectivity index (χ2v) is 11.0. The lowest BCUT2D eigenvalue weighted by atomic mass is 9.93. The van der Waals surface area contributed by atoms with E-state index in [1.54, 1.807) is 44.4 Å². The lowest BCUT2D eigenvalue weighted by Crippen LogP contribution is -2.40. The van der Waals surface area contributed by atoms with Gasteiger partial charge in [-0.15, -0.1) is 0 Å². The van der Waals surface area contributed by atoms with Crippen LogP contribution in [-0.4, -0.2) is 29.4 Å². The second kappa shape index (κ2) is 12.9. The summed E-state index contributed by atoms with van der Waals surface area (Å²) in [6, 6.07) is 29.8. The summed E-state index contributed by atoms with van der Waals surface area (Å²) >= 11 is 1.17. The number of hydrogen-bond acceptors (Lipinski definition) is 9. The Bertz CT molecular complexity index is 2100. The predicted molar refractivity (Wildman–Crippen MR) is 173 cm³/mol. The minimum atomic E-state index is -0.830. The standard InChI is InChI=1S/C35H28N4O5S/c1-3-44-34(42)30-31(22-10-6-4-7-11-22)36-35-39(32(30)23-14-17-27(43-2)18-15-23)33(41)29(45-35)21-24-20-26(16-19-28(24)40)38-37-25-12-8-5-9-13-25/h4-21,32,40H,3H2,1-2H3/b29-21-,38-37?/t32-/m1/s1. The highest BCUT2D eigenvalue weighted by atomic mass is 32.1. The number of carbonyl (C=O) groups is 1. The van der Waals surface area contributed by atoms with E-state index < -0.39 is 12.0 Å². The van der Waals surface area contributed by atoms with Crippen LogP contribution in [0.4, 0.5) is 11.4 Å². The number of hydrogen-bond donors (Lipinski definition) is 1. The maximum Gasteiger partial charge on any atom is 0.338 e. The molecule has 5 aromatic rings. The lowest BCUT2D eigenvalue weighted by Gasteiger charge is -2.26. The third-order valence-corrected chi connectivity index (χ3v) is 8.12. The Morgan fingerprint density at radius 1 is 0.956 bits per heavy atom. The molecule has 0 saturated heterocycles. The van der Waals surface area contributed by atoms with Crippen molar-refractivity contribution in [3.8, 4) is 11.5 Å². The predicted octanol–water partition coefficient (Wildman–Crippen LogP) is 6.07. The normalized spacial score (nSPS) is 14.7. The van der Waals surface area contributed by atoms with Crippen LogP contribution in [0.25, 0.3) is 11.8 Å². The van der Waals surface area contributed by atoms with Crippen LogP contribution in [0.15, 0.2) is 129 Å². The summed E-state index contributed by atoms with van der Waals surface area (Å²) in [7, 11) is 1.57. The van der Waals surface area contributed by atoms with E-state index in [-0.39, 0.29) is 23.5 Å². The maximum atomic E-state index is 14.2. The number of fused-ring (bicyclic) bond motifs is 1. The smallest absolute Gasteiger partial charge is 0.338 e. The van der Waals surface area contributed by atoms with Gasteiger partial charge in [0.2, 0.25) is 0 Å². The van der Waals surface area contributed by atoms with Crippen LogP contribution in [0.3, 0.4) is 0 Å². The number of methoxy groups -OCH3 is 1. The molecule has 45 heavy (non-hydrogen) atoms. The zero-order chi connectivity index (χ0) is 31.3. The number of aromatic hydroxyl groups is 1. The van der Waals surface area contributed by atoms with Crippen LogP contribution in [-0.2, 0) is 9.53 Å². The van der Waals surface area contributed by atoms with E-state index in [0.29, 0.717) is 48.8 Å². The first-order valence-electron chi connectivity index (χ1n) is 14.2. The molecular formula is C35H28N4O5S. The van der Waals surface area contributed by atoms with Gasteiger partial charge in [-0.1, -0.05) is 72.0 Å². The Labute approximate surface area is 262 Å². The van der Waals surface area contributed by atoms with Crippen LogP contribution >= 0.6 is 11.3 Å². The van der Waals surface area contributed by atoms with Gasteiger partial charge in [-0.2, -0.15) is 10.2 Å². The molecule has 0 spiro atoms. The molecule has 1 aromatic heterocycles. The largest absolute Gasteiger partial charge is 0.507 e. The van der Waals surface area contributed by atoms with Crippen molar-refractivity contribution in [3.63, 3.8) is 0 Å². The minimum absolute atomic E-state index is 0.0246. The first-order valence-corrected chi connectivity index (χ1v) is 15.0. The van der Waals surface area contributed by atoms with E-state index in [1.165, 1.54) is 22.0 Å². The topological polar surface area (TPSA) is 115 Å². The molecule has 0 aliphatic carbocycles. The van der Waals surface area contributed by atoms with Crippen LogP contribution < -0.4 is 19.6 Å². The summed E-state index contributed by atoms with van der Waals surface area (Å²) in [5, 5.41) is 19.2. The second-order valence-electron chi connectivity index (χ2n) is 9.98. The molecule has 0 amide bonds. The van der Waals surface area contributed by atoms with E-state index in [4.69, 9.17) is 14.5 Å². The monoisotopic (exact) mass is 616 g/mol. The van der Waals surface area contributed by atoms with Gasteiger partial charge in [0.15, 0.2) is 4.80 Å². The van der Waals surface area contributed by atoms with Gasteiger partial charge in [0.1, 0.15) is 11.5 Å². The van der Waals surface area contributed by atoms with Crippen molar-refractivity contribution in [1.82, 2.24) is 4.57 Å². The number of benzene rings is 4. The lowest BCUT2D eigenvalue weighted by molar-refractivity contribution is -0.138. The van der Waals surface area contributed by atoms with E-state index in [1.807, 2.05) is 72.8 Å². The minimum Gasteiger partial charge on any atom is -0.507 e. The molecule has 10 heteroatoms. The average molecular weight is 617 g/mol. The summed E-state index contributed by atoms with van der Waals surface area (Å²) in [6.07, 6.45) is 1.60. The van der Waals surface area contributed by atoms with E-state index in [0.717, 1.165) is 0 Å². The van der Waals surface area contributed by atoms with Gasteiger partial charge < -0.3 is 14.6 Å². The van der Waals surface area contributed by atoms with Crippen molar-refractivity contribution in [2.75, 3.05) is 13.7 Å². The zero-order valence-electron chi connectivity index (χ0n) is 24.5. The number of thiazole rings is 1. The highest BCUT2D eigenvalue weighted by molar-refractivity contribution is 7.07. The number of phenolic OH excluding ortho intramolecular Hbond substituents is 1. The Hall–Kier alpha value is -5.61. The Kier molecular flexibility index (Phi) is 8.47. The molecule has 0 bridgehead atoms. The van der Waals surface area contributed by atoms with Gasteiger partial charge in [0.25, 0.3) is 5.56 Å². The molecule has 1 aliphatic rings. The molecule has 0 unspecified atom stereocenters. The van der Waals surface area contributed by atoms with Crippen molar-refractivity contribution >= 4 is 40.5 Å². The van der Waals surface area contributed by atoms with Gasteiger partial charge in [0, 0.05) is 11.1 Å². The van der Waals surface area contributed by atoms with Crippen LogP contribution in [0.1, 0.15) is 29.7 Å². The van der Waals surface area contributed by atoms with E-state index in [9.17, 15) is 14.7 Å². The number of ether oxygens (including phenoxy) is 2. The molecular weight excluding hydrogens is 588 g/mol. The molecule has 224 valence electrons. The third kappa shape index (κ3) is 6.09. The molecule has 0 fully saturated rings. The molecule has 4 aromatic carbocycles. The van der Waals surface area contributed by atoms with Crippen molar-refractivity contribution in [3.05, 3.63) is 145 Å². The Morgan fingerprint density at radius 3 is 2.33 bits per heavy atom. The number of carbonyl (C=O) groups excluding carboxylic acids is 1. The fourth-order valence-corrected chi connectivity index (χ4v) is 6.00. The quantitative estimate of drug-likeness (QED) is 0.168. The van der Waals surface area contributed by atoms with Gasteiger partial charge in [-0.3, -0.25) is 9.36 Å². The number of aromatic nitrogens is 1. The van der Waals surface area contributed by atoms with Crippen LogP contribution in [0, 0.1) is 0 Å². The highest BCUT2D eigenvalue weighted by Gasteiger charge is 2.35. The number of esters is 1. The first-order chi connectivity index (χ1) is 22.0. The van der Waals surface area contributed by atoms with Crippen molar-refractivity contribution in [2.24, 2.45) is 15.2 Å². The number of rotatable bonds is 8. The third-order valence-electron chi connectivity index (χ3n) is 7.14. The average Bonchev–Trinajstić information content (AvgIpc) is 3.39. The summed E-state index contributed by atoms with van der Waals surface area (Å²) < 4.78 is 12.7. The van der Waals surface area contributed by atoms with Gasteiger partial charge >= 0.3 is 5.97 Å². The summed E-state index contributed by atoms with van der Waals surface area (Å²) in [6.45, 7) is 1.89. The Morgan fingerprint density at radius 2 is 1.64 bits per heavy atom. The molecule has 1 atom stereocenters. The Balaban J connectivity index is 1.54. The molecule has 0 saturated carbocycles. The summed E-state index contributed by atoms with van der Waals surface area (Å²) in [5.74, 6) is 0.0450. The van der Waals surface area contributed by atoms with E-state index in [2.05, 4.69) is 10.2 Å². The van der Waals surface area contributed by atoms with Crippen LogP contribution in [0.2, 0.25) is 0 Å². The van der Waals surface area contributed by atoms with Gasteiger partial charge in [-0.05, 0) is 61.0 Å². The van der Waals surface area contributed by atoms with Gasteiger partial charge in [0.05, 0.1) is 46.9 Å². The first kappa shape index (κ1) is 29.5. The molecule has 9 nitrogen and oxygen atoms in total. The zero-order valence-corrected chi connectivity index (χ0v) is 25.3. The molecule has 2 heterocycles. The SMILES string of the molecule is CCOC(=O)C1=C(c2ccccc2)N=c2s/c(=C\c3cc(N=Nc4ccccc4)ccc3O)c(=O)n2[C@@H]1c1ccc(OC)cc1. The van der Waals surface area contributed by atoms with Crippen molar-refractivity contribution in [2.45, 2.75) is 13.0 Å². The summed E-state index contributed by atoms with van der Waals surface area (Å²) in [4.78, 5) is 33.0. The summed E-state index contributed by atoms with van der Waals surface area (Å²) in [5.41, 5.74) is 3.27. The number of phenols is 1. The van der Waals surface area contributed by atoms with E-state index >= 15 is 0 Å². The number of azo groups is 1. The van der Waals surface area contributed by atoms with Gasteiger partial charge in [-0.25, -0.2) is 9.79 Å². The maximum absolute atomic E-state index is 14.2. The van der Waals surface area contributed by atoms with Crippen molar-refractivity contribution in [1.29, 1.82) is 0 Å². The van der Waals surface area contributed by atoms with Crippen LogP contribution in [0.5, 0.6) is 11.5 Å². The molecule has 1 N–H and O–H groups in total. The fraction of sp³-hybridized carbons (Fsp3) is 0.114. The molecule has 0 radical (unpaired) electrons. The molecule has 6 rings (SSSR count). The highest BCUT2D eigenvalue weighted by Crippen LogP contribution is 2.36. The fourth-order valence-electron chi connectivity index (χ4n) is 5.01.